The van der Waals surface area contributed by atoms with Crippen molar-refractivity contribution >= 4 is 21.6 Å². The van der Waals surface area contributed by atoms with Crippen LogP contribution >= 0.6 is 15.9 Å². The molecule has 0 aliphatic carbocycles. The van der Waals surface area contributed by atoms with Gasteiger partial charge in [-0.1, -0.05) is 0 Å². The molecule has 0 aromatic carbocycles. The standard InChI is InChI=1S/C14H23BrN4O/c1-10(2)19-14(20)13(15)12(9-17-19)18-7-4-11(3-6-16)5-8-18/h9-11H,3-8,16H2,1-2H3. The second-order valence-electron chi connectivity index (χ2n) is 5.70. The van der Waals surface area contributed by atoms with E-state index in [9.17, 15) is 4.79 Å². The third kappa shape index (κ3) is 3.23. The van der Waals surface area contributed by atoms with Gasteiger partial charge >= 0.3 is 0 Å². The van der Waals surface area contributed by atoms with E-state index in [-0.39, 0.29) is 11.6 Å². The van der Waals surface area contributed by atoms with Gasteiger partial charge in [-0.2, -0.15) is 5.10 Å². The van der Waals surface area contributed by atoms with E-state index in [1.54, 1.807) is 6.20 Å². The number of hydrogen-bond acceptors (Lipinski definition) is 4. The van der Waals surface area contributed by atoms with Gasteiger partial charge in [0.15, 0.2) is 0 Å². The molecule has 0 spiro atoms. The van der Waals surface area contributed by atoms with E-state index in [1.165, 1.54) is 4.68 Å². The van der Waals surface area contributed by atoms with Gasteiger partial charge in [-0.25, -0.2) is 4.68 Å². The Morgan fingerprint density at radius 3 is 2.65 bits per heavy atom. The van der Waals surface area contributed by atoms with E-state index in [2.05, 4.69) is 25.9 Å². The van der Waals surface area contributed by atoms with E-state index >= 15 is 0 Å². The van der Waals surface area contributed by atoms with E-state index < -0.39 is 0 Å². The van der Waals surface area contributed by atoms with Gasteiger partial charge in [-0.15, -0.1) is 0 Å². The highest BCUT2D eigenvalue weighted by atomic mass is 79.9. The van der Waals surface area contributed by atoms with Crippen LogP contribution in [0.4, 0.5) is 5.69 Å². The van der Waals surface area contributed by atoms with E-state index in [1.807, 2.05) is 13.8 Å². The van der Waals surface area contributed by atoms with Crippen molar-refractivity contribution in [1.82, 2.24) is 9.78 Å². The normalized spacial score (nSPS) is 16.9. The first-order valence-electron chi connectivity index (χ1n) is 7.27. The molecule has 0 saturated carbocycles. The number of anilines is 1. The third-order valence-electron chi connectivity index (χ3n) is 3.94. The minimum atomic E-state index is -0.0541. The number of aromatic nitrogens is 2. The lowest BCUT2D eigenvalue weighted by molar-refractivity contribution is 0.385. The van der Waals surface area contributed by atoms with Crippen molar-refractivity contribution in [3.05, 3.63) is 21.0 Å². The molecule has 112 valence electrons. The summed E-state index contributed by atoms with van der Waals surface area (Å²) in [4.78, 5) is 14.5. The van der Waals surface area contributed by atoms with Gasteiger partial charge in [0, 0.05) is 13.1 Å². The molecule has 5 nitrogen and oxygen atoms in total. The van der Waals surface area contributed by atoms with Crippen LogP contribution in [-0.2, 0) is 0 Å². The maximum atomic E-state index is 12.3. The molecule has 6 heteroatoms. The zero-order chi connectivity index (χ0) is 14.7. The van der Waals surface area contributed by atoms with Gasteiger partial charge < -0.3 is 10.6 Å². The van der Waals surface area contributed by atoms with Gasteiger partial charge in [-0.05, 0) is 61.5 Å². The van der Waals surface area contributed by atoms with Crippen molar-refractivity contribution in [2.45, 2.75) is 39.2 Å². The van der Waals surface area contributed by atoms with Crippen molar-refractivity contribution in [2.24, 2.45) is 11.7 Å². The highest BCUT2D eigenvalue weighted by Crippen LogP contribution is 2.28. The fraction of sp³-hybridized carbons (Fsp3) is 0.714. The lowest BCUT2D eigenvalue weighted by atomic mass is 9.93. The predicted molar refractivity (Wildman–Crippen MR) is 85.2 cm³/mol. The molecule has 0 radical (unpaired) electrons. The largest absolute Gasteiger partial charge is 0.369 e. The minimum Gasteiger partial charge on any atom is -0.369 e. The van der Waals surface area contributed by atoms with Gasteiger partial charge in [0.25, 0.3) is 5.56 Å². The Labute approximate surface area is 128 Å². The van der Waals surface area contributed by atoms with Crippen LogP contribution < -0.4 is 16.2 Å². The Morgan fingerprint density at radius 2 is 2.10 bits per heavy atom. The van der Waals surface area contributed by atoms with Crippen molar-refractivity contribution < 1.29 is 0 Å². The predicted octanol–water partition coefficient (Wildman–Crippen LogP) is 2.15. The number of piperidine rings is 1. The first-order chi connectivity index (χ1) is 9.54. The monoisotopic (exact) mass is 342 g/mol. The van der Waals surface area contributed by atoms with Crippen molar-refractivity contribution in [2.75, 3.05) is 24.5 Å². The lowest BCUT2D eigenvalue weighted by Gasteiger charge is -2.33. The third-order valence-corrected chi connectivity index (χ3v) is 4.69. The summed E-state index contributed by atoms with van der Waals surface area (Å²) in [5, 5.41) is 4.28. The van der Waals surface area contributed by atoms with Crippen LogP contribution in [0, 0.1) is 5.92 Å². The van der Waals surface area contributed by atoms with Crippen molar-refractivity contribution in [1.29, 1.82) is 0 Å². The second-order valence-corrected chi connectivity index (χ2v) is 6.49. The molecule has 2 rings (SSSR count). The smallest absolute Gasteiger partial charge is 0.283 e. The molecule has 1 aliphatic heterocycles. The highest BCUT2D eigenvalue weighted by molar-refractivity contribution is 9.10. The molecule has 1 aliphatic rings. The molecule has 0 bridgehead atoms. The Kier molecular flexibility index (Phi) is 5.21. The zero-order valence-electron chi connectivity index (χ0n) is 12.2. The van der Waals surface area contributed by atoms with Crippen LogP contribution in [0.15, 0.2) is 15.5 Å². The molecule has 0 atom stereocenters. The van der Waals surface area contributed by atoms with E-state index in [0.29, 0.717) is 4.47 Å². The van der Waals surface area contributed by atoms with Gasteiger partial charge in [0.05, 0.1) is 17.9 Å². The molecule has 2 N–H and O–H groups in total. The summed E-state index contributed by atoms with van der Waals surface area (Å²) < 4.78 is 2.13. The van der Waals surface area contributed by atoms with E-state index in [4.69, 9.17) is 5.73 Å². The van der Waals surface area contributed by atoms with Gasteiger partial charge in [0.1, 0.15) is 4.47 Å². The number of nitrogens with two attached hydrogens (primary N) is 1. The average Bonchev–Trinajstić information content (AvgIpc) is 2.43. The van der Waals surface area contributed by atoms with Crippen LogP contribution in [0.1, 0.15) is 39.2 Å². The highest BCUT2D eigenvalue weighted by Gasteiger charge is 2.22. The van der Waals surface area contributed by atoms with Crippen LogP contribution in [0.25, 0.3) is 0 Å². The minimum absolute atomic E-state index is 0.0541. The molecule has 1 fully saturated rings. The number of hydrogen-bond donors (Lipinski definition) is 1. The Morgan fingerprint density at radius 1 is 1.45 bits per heavy atom. The summed E-state index contributed by atoms with van der Waals surface area (Å²) >= 11 is 3.45. The molecule has 1 aromatic rings. The molecule has 0 amide bonds. The molecular weight excluding hydrogens is 320 g/mol. The molecule has 0 unspecified atom stereocenters. The molecular formula is C14H23BrN4O. The van der Waals surface area contributed by atoms with Crippen LogP contribution in [-0.4, -0.2) is 29.4 Å². The first kappa shape index (κ1) is 15.5. The van der Waals surface area contributed by atoms with Crippen molar-refractivity contribution in [3.63, 3.8) is 0 Å². The maximum Gasteiger partial charge on any atom is 0.283 e. The molecule has 1 saturated heterocycles. The van der Waals surface area contributed by atoms with Crippen LogP contribution in [0.3, 0.4) is 0 Å². The topological polar surface area (TPSA) is 64.2 Å². The molecule has 2 heterocycles. The first-order valence-corrected chi connectivity index (χ1v) is 8.06. The van der Waals surface area contributed by atoms with E-state index in [0.717, 1.165) is 50.5 Å². The van der Waals surface area contributed by atoms with Crippen LogP contribution in [0.2, 0.25) is 0 Å². The lowest BCUT2D eigenvalue weighted by Crippen LogP contribution is -2.36. The summed E-state index contributed by atoms with van der Waals surface area (Å²) in [6, 6.07) is 0.0724. The van der Waals surface area contributed by atoms with Gasteiger partial charge in [-0.3, -0.25) is 4.79 Å². The Hall–Kier alpha value is -0.880. The fourth-order valence-corrected chi connectivity index (χ4v) is 3.26. The summed E-state index contributed by atoms with van der Waals surface area (Å²) in [5.41, 5.74) is 6.48. The SMILES string of the molecule is CC(C)n1ncc(N2CCC(CCN)CC2)c(Br)c1=O. The Bertz CT molecular complexity index is 506. The van der Waals surface area contributed by atoms with Crippen molar-refractivity contribution in [3.8, 4) is 0 Å². The summed E-state index contributed by atoms with van der Waals surface area (Å²) in [6.07, 6.45) is 5.17. The summed E-state index contributed by atoms with van der Waals surface area (Å²) in [7, 11) is 0. The average molecular weight is 343 g/mol. The second kappa shape index (κ2) is 6.72. The fourth-order valence-electron chi connectivity index (χ4n) is 2.72. The zero-order valence-corrected chi connectivity index (χ0v) is 13.8. The Balaban J connectivity index is 2.15. The number of halogens is 1. The summed E-state index contributed by atoms with van der Waals surface area (Å²) in [6.45, 7) is 6.62. The number of rotatable bonds is 4. The maximum absolute atomic E-state index is 12.3. The summed E-state index contributed by atoms with van der Waals surface area (Å²) in [5.74, 6) is 0.721. The quantitative estimate of drug-likeness (QED) is 0.910. The molecule has 1 aromatic heterocycles. The van der Waals surface area contributed by atoms with Gasteiger partial charge in [0.2, 0.25) is 0 Å². The number of nitrogens with zero attached hydrogens (tertiary/aromatic N) is 3. The molecule has 20 heavy (non-hydrogen) atoms. The van der Waals surface area contributed by atoms with Crippen LogP contribution in [0.5, 0.6) is 0 Å².